The average Bonchev–Trinajstić information content (AvgIpc) is 2.62. The van der Waals surface area contributed by atoms with Crippen LogP contribution in [0.2, 0.25) is 0 Å². The highest BCUT2D eigenvalue weighted by molar-refractivity contribution is 7.87. The summed E-state index contributed by atoms with van der Waals surface area (Å²) in [5.41, 5.74) is 0.780. The molecule has 1 N–H and O–H groups in total. The zero-order valence-electron chi connectivity index (χ0n) is 14.5. The van der Waals surface area contributed by atoms with E-state index in [9.17, 15) is 18.0 Å². The van der Waals surface area contributed by atoms with Crippen molar-refractivity contribution < 1.29 is 22.7 Å². The Morgan fingerprint density at radius 2 is 1.84 bits per heavy atom. The molecule has 0 spiro atoms. The SMILES string of the molecule is CC[C@H](C(=O)NS(=O)(=O)N1CCC(C(=O)OC)CC1)c1ccccc1. The summed E-state index contributed by atoms with van der Waals surface area (Å²) in [5.74, 6) is -1.68. The van der Waals surface area contributed by atoms with Gasteiger partial charge in [0.1, 0.15) is 0 Å². The second-order valence-corrected chi connectivity index (χ2v) is 7.71. The smallest absolute Gasteiger partial charge is 0.308 e. The van der Waals surface area contributed by atoms with Gasteiger partial charge in [0, 0.05) is 13.1 Å². The van der Waals surface area contributed by atoms with E-state index in [1.165, 1.54) is 11.4 Å². The zero-order chi connectivity index (χ0) is 18.4. The van der Waals surface area contributed by atoms with Crippen LogP contribution in [-0.4, -0.2) is 44.8 Å². The van der Waals surface area contributed by atoms with Crippen molar-refractivity contribution in [3.63, 3.8) is 0 Å². The molecule has 8 heteroatoms. The van der Waals surface area contributed by atoms with E-state index >= 15 is 0 Å². The van der Waals surface area contributed by atoms with E-state index in [-0.39, 0.29) is 25.0 Å². The first-order chi connectivity index (χ1) is 11.9. The van der Waals surface area contributed by atoms with Crippen LogP contribution in [0.3, 0.4) is 0 Å². The zero-order valence-corrected chi connectivity index (χ0v) is 15.3. The summed E-state index contributed by atoms with van der Waals surface area (Å²) >= 11 is 0. The van der Waals surface area contributed by atoms with E-state index in [0.29, 0.717) is 19.3 Å². The lowest BCUT2D eigenvalue weighted by atomic mass is 9.96. The van der Waals surface area contributed by atoms with Crippen molar-refractivity contribution >= 4 is 22.1 Å². The van der Waals surface area contributed by atoms with Gasteiger partial charge in [-0.15, -0.1) is 0 Å². The molecule has 0 aromatic heterocycles. The van der Waals surface area contributed by atoms with Crippen molar-refractivity contribution in [1.29, 1.82) is 0 Å². The number of nitrogens with one attached hydrogen (secondary N) is 1. The fraction of sp³-hybridized carbons (Fsp3) is 0.529. The number of esters is 1. The third-order valence-electron chi connectivity index (χ3n) is 4.48. The minimum Gasteiger partial charge on any atom is -0.469 e. The van der Waals surface area contributed by atoms with Crippen LogP contribution >= 0.6 is 0 Å². The molecule has 0 aliphatic carbocycles. The average molecular weight is 368 g/mol. The molecule has 1 fully saturated rings. The maximum Gasteiger partial charge on any atom is 0.308 e. The predicted octanol–water partition coefficient (Wildman–Crippen LogP) is 1.43. The van der Waals surface area contributed by atoms with Crippen molar-refractivity contribution in [2.24, 2.45) is 5.92 Å². The highest BCUT2D eigenvalue weighted by Crippen LogP contribution is 2.22. The first kappa shape index (κ1) is 19.4. The molecule has 0 radical (unpaired) electrons. The maximum absolute atomic E-state index is 12.5. The van der Waals surface area contributed by atoms with Gasteiger partial charge in [0.15, 0.2) is 0 Å². The predicted molar refractivity (Wildman–Crippen MR) is 92.8 cm³/mol. The Bertz CT molecular complexity index is 697. The lowest BCUT2D eigenvalue weighted by Gasteiger charge is -2.30. The van der Waals surface area contributed by atoms with Gasteiger partial charge >= 0.3 is 16.2 Å². The number of hydrogen-bond donors (Lipinski definition) is 1. The van der Waals surface area contributed by atoms with Gasteiger partial charge in [-0.3, -0.25) is 9.59 Å². The first-order valence-electron chi connectivity index (χ1n) is 8.33. The lowest BCUT2D eigenvalue weighted by Crippen LogP contribution is -2.48. The molecule has 1 heterocycles. The van der Waals surface area contributed by atoms with Crippen LogP contribution in [0.5, 0.6) is 0 Å². The fourth-order valence-corrected chi connectivity index (χ4v) is 4.24. The number of methoxy groups -OCH3 is 1. The van der Waals surface area contributed by atoms with E-state index < -0.39 is 22.0 Å². The Morgan fingerprint density at radius 3 is 2.36 bits per heavy atom. The van der Waals surface area contributed by atoms with Crippen molar-refractivity contribution in [3.05, 3.63) is 35.9 Å². The highest BCUT2D eigenvalue weighted by Gasteiger charge is 2.33. The van der Waals surface area contributed by atoms with Gasteiger partial charge in [-0.05, 0) is 24.8 Å². The number of rotatable bonds is 6. The quantitative estimate of drug-likeness (QED) is 0.767. The largest absolute Gasteiger partial charge is 0.469 e. The number of piperidine rings is 1. The first-order valence-corrected chi connectivity index (χ1v) is 9.77. The van der Waals surface area contributed by atoms with Gasteiger partial charge in [0.25, 0.3) is 0 Å². The molecule has 1 aliphatic rings. The molecule has 25 heavy (non-hydrogen) atoms. The Balaban J connectivity index is 2.01. The Hall–Kier alpha value is -1.93. The minimum absolute atomic E-state index is 0.185. The second kappa shape index (κ2) is 8.44. The maximum atomic E-state index is 12.5. The van der Waals surface area contributed by atoms with Crippen molar-refractivity contribution in [2.45, 2.75) is 32.1 Å². The number of benzene rings is 1. The summed E-state index contributed by atoms with van der Waals surface area (Å²) in [5, 5.41) is 0. The third-order valence-corrected chi connectivity index (χ3v) is 5.99. The van der Waals surface area contributed by atoms with E-state index in [0.717, 1.165) is 5.56 Å². The van der Waals surface area contributed by atoms with Crippen LogP contribution < -0.4 is 4.72 Å². The van der Waals surface area contributed by atoms with Gasteiger partial charge < -0.3 is 4.74 Å². The molecule has 1 amide bonds. The molecule has 7 nitrogen and oxygen atoms in total. The number of carbonyl (C=O) groups is 2. The normalized spacial score (nSPS) is 17.7. The van der Waals surface area contributed by atoms with Crippen molar-refractivity contribution in [3.8, 4) is 0 Å². The molecule has 1 saturated heterocycles. The standard InChI is InChI=1S/C17H24N2O5S/c1-3-15(13-7-5-4-6-8-13)16(20)18-25(22,23)19-11-9-14(10-12-19)17(21)24-2/h4-8,14-15H,3,9-12H2,1-2H3,(H,18,20)/t15-/m0/s1. The molecule has 0 saturated carbocycles. The van der Waals surface area contributed by atoms with Crippen LogP contribution in [0.15, 0.2) is 30.3 Å². The Morgan fingerprint density at radius 1 is 1.24 bits per heavy atom. The van der Waals surface area contributed by atoms with Gasteiger partial charge in [-0.1, -0.05) is 37.3 Å². The molecule has 0 unspecified atom stereocenters. The van der Waals surface area contributed by atoms with E-state index in [2.05, 4.69) is 4.72 Å². The number of amides is 1. The summed E-state index contributed by atoms with van der Waals surface area (Å²) in [6.07, 6.45) is 1.27. The Kier molecular flexibility index (Phi) is 6.55. The van der Waals surface area contributed by atoms with Gasteiger partial charge in [-0.2, -0.15) is 12.7 Å². The number of hydrogen-bond acceptors (Lipinski definition) is 5. The summed E-state index contributed by atoms with van der Waals surface area (Å²) in [4.78, 5) is 24.0. The fourth-order valence-electron chi connectivity index (χ4n) is 3.02. The van der Waals surface area contributed by atoms with Crippen molar-refractivity contribution in [2.75, 3.05) is 20.2 Å². The second-order valence-electron chi connectivity index (χ2n) is 6.04. The van der Waals surface area contributed by atoms with Gasteiger partial charge in [-0.25, -0.2) is 4.72 Å². The van der Waals surface area contributed by atoms with E-state index in [1.54, 1.807) is 0 Å². The third kappa shape index (κ3) is 4.79. The molecule has 0 bridgehead atoms. The number of ether oxygens (including phenoxy) is 1. The minimum atomic E-state index is -3.92. The molecule has 2 rings (SSSR count). The monoisotopic (exact) mass is 368 g/mol. The molecule has 1 aliphatic heterocycles. The molecule has 1 aromatic rings. The molecular formula is C17H24N2O5S. The summed E-state index contributed by atoms with van der Waals surface area (Å²) in [7, 11) is -2.60. The van der Waals surface area contributed by atoms with Crippen LogP contribution in [0, 0.1) is 5.92 Å². The van der Waals surface area contributed by atoms with Crippen LogP contribution in [0.25, 0.3) is 0 Å². The van der Waals surface area contributed by atoms with Crippen LogP contribution in [0.4, 0.5) is 0 Å². The molecule has 1 atom stereocenters. The molecule has 1 aromatic carbocycles. The topological polar surface area (TPSA) is 92.8 Å². The highest BCUT2D eigenvalue weighted by atomic mass is 32.2. The number of nitrogens with zero attached hydrogens (tertiary/aromatic N) is 1. The van der Waals surface area contributed by atoms with Crippen LogP contribution in [0.1, 0.15) is 37.7 Å². The van der Waals surface area contributed by atoms with E-state index in [4.69, 9.17) is 4.74 Å². The van der Waals surface area contributed by atoms with Gasteiger partial charge in [0.2, 0.25) is 5.91 Å². The summed E-state index contributed by atoms with van der Waals surface area (Å²) < 4.78 is 33.0. The summed E-state index contributed by atoms with van der Waals surface area (Å²) in [6, 6.07) is 9.09. The van der Waals surface area contributed by atoms with Crippen LogP contribution in [-0.2, 0) is 24.5 Å². The Labute approximate surface area is 148 Å². The van der Waals surface area contributed by atoms with Gasteiger partial charge in [0.05, 0.1) is 18.9 Å². The molecular weight excluding hydrogens is 344 g/mol. The van der Waals surface area contributed by atoms with E-state index in [1.807, 2.05) is 37.3 Å². The number of carbonyl (C=O) groups excluding carboxylic acids is 2. The molecule has 138 valence electrons. The summed E-state index contributed by atoms with van der Waals surface area (Å²) in [6.45, 7) is 2.21. The lowest BCUT2D eigenvalue weighted by molar-refractivity contribution is -0.146. The van der Waals surface area contributed by atoms with Crippen molar-refractivity contribution in [1.82, 2.24) is 9.03 Å².